The van der Waals surface area contributed by atoms with Crippen molar-refractivity contribution in [2.75, 3.05) is 0 Å². The van der Waals surface area contributed by atoms with Crippen molar-refractivity contribution in [1.29, 1.82) is 0 Å². The second kappa shape index (κ2) is 8.44. The van der Waals surface area contributed by atoms with Crippen LogP contribution in [0, 0.1) is 0 Å². The number of hydrogen-bond acceptors (Lipinski definition) is 4. The molecule has 21 heavy (non-hydrogen) atoms. The van der Waals surface area contributed by atoms with Crippen molar-refractivity contribution < 1.29 is 19.8 Å². The van der Waals surface area contributed by atoms with Crippen molar-refractivity contribution in [1.82, 2.24) is 4.98 Å². The summed E-state index contributed by atoms with van der Waals surface area (Å²) in [5, 5.41) is 16.9. The van der Waals surface area contributed by atoms with Crippen LogP contribution in [0.4, 0.5) is 0 Å². The minimum Gasteiger partial charge on any atom is -0.480 e. The number of aliphatic carboxylic acids is 1. The molecule has 1 aromatic heterocycles. The molecule has 6 heteroatoms. The highest BCUT2D eigenvalue weighted by molar-refractivity contribution is 5.86. The SMILES string of the molecule is N[C@@H](Cc1ccccc1)C(=O)O.O=C(O)c1cccnc1. The Hall–Kier alpha value is -2.73. The third-order valence-corrected chi connectivity index (χ3v) is 2.52. The fraction of sp³-hybridized carbons (Fsp3) is 0.133. The first-order chi connectivity index (χ1) is 10.0. The third-order valence-electron chi connectivity index (χ3n) is 2.52. The van der Waals surface area contributed by atoms with E-state index < -0.39 is 18.0 Å². The van der Waals surface area contributed by atoms with Crippen LogP contribution < -0.4 is 5.73 Å². The van der Waals surface area contributed by atoms with E-state index in [1.165, 1.54) is 18.5 Å². The lowest BCUT2D eigenvalue weighted by Crippen LogP contribution is -2.32. The summed E-state index contributed by atoms with van der Waals surface area (Å²) in [6.45, 7) is 0. The van der Waals surface area contributed by atoms with Gasteiger partial charge < -0.3 is 15.9 Å². The summed E-state index contributed by atoms with van der Waals surface area (Å²) in [7, 11) is 0. The third kappa shape index (κ3) is 6.31. The first-order valence-electron chi connectivity index (χ1n) is 6.16. The van der Waals surface area contributed by atoms with E-state index in [1.807, 2.05) is 30.3 Å². The smallest absolute Gasteiger partial charge is 0.337 e. The molecular weight excluding hydrogens is 272 g/mol. The highest BCUT2D eigenvalue weighted by atomic mass is 16.4. The molecule has 1 atom stereocenters. The molecule has 0 amide bonds. The van der Waals surface area contributed by atoms with Gasteiger partial charge in [0.15, 0.2) is 0 Å². The maximum absolute atomic E-state index is 10.4. The summed E-state index contributed by atoms with van der Waals surface area (Å²) >= 11 is 0. The van der Waals surface area contributed by atoms with Gasteiger partial charge in [0, 0.05) is 12.4 Å². The van der Waals surface area contributed by atoms with Gasteiger partial charge in [-0.2, -0.15) is 0 Å². The molecule has 110 valence electrons. The van der Waals surface area contributed by atoms with Crippen LogP contribution in [0.2, 0.25) is 0 Å². The number of aromatic nitrogens is 1. The fourth-order valence-corrected chi connectivity index (χ4v) is 1.44. The zero-order valence-electron chi connectivity index (χ0n) is 11.2. The highest BCUT2D eigenvalue weighted by Crippen LogP contribution is 2.01. The van der Waals surface area contributed by atoms with Crippen molar-refractivity contribution >= 4 is 11.9 Å². The zero-order chi connectivity index (χ0) is 15.7. The van der Waals surface area contributed by atoms with Crippen LogP contribution in [0.15, 0.2) is 54.9 Å². The van der Waals surface area contributed by atoms with Crippen LogP contribution in [0.1, 0.15) is 15.9 Å². The lowest BCUT2D eigenvalue weighted by Gasteiger charge is -2.04. The minimum atomic E-state index is -0.959. The molecule has 2 aromatic rings. The Morgan fingerprint density at radius 3 is 2.19 bits per heavy atom. The van der Waals surface area contributed by atoms with Crippen molar-refractivity contribution in [3.63, 3.8) is 0 Å². The molecular formula is C15H16N2O4. The maximum Gasteiger partial charge on any atom is 0.337 e. The van der Waals surface area contributed by atoms with E-state index in [0.717, 1.165) is 5.56 Å². The van der Waals surface area contributed by atoms with Crippen molar-refractivity contribution in [3.05, 3.63) is 66.0 Å². The van der Waals surface area contributed by atoms with Gasteiger partial charge in [-0.3, -0.25) is 9.78 Å². The molecule has 0 bridgehead atoms. The van der Waals surface area contributed by atoms with E-state index in [1.54, 1.807) is 6.07 Å². The molecule has 0 fully saturated rings. The van der Waals surface area contributed by atoms with Gasteiger partial charge in [0.2, 0.25) is 0 Å². The molecule has 0 saturated carbocycles. The Morgan fingerprint density at radius 2 is 1.76 bits per heavy atom. The lowest BCUT2D eigenvalue weighted by molar-refractivity contribution is -0.138. The normalized spacial score (nSPS) is 10.9. The first kappa shape index (κ1) is 16.3. The second-order valence-corrected chi connectivity index (χ2v) is 4.18. The van der Waals surface area contributed by atoms with Crippen LogP contribution >= 0.6 is 0 Å². The van der Waals surface area contributed by atoms with Gasteiger partial charge in [-0.05, 0) is 24.1 Å². The number of aromatic carboxylic acids is 1. The largest absolute Gasteiger partial charge is 0.480 e. The minimum absolute atomic E-state index is 0.220. The Bertz CT molecular complexity index is 573. The highest BCUT2D eigenvalue weighted by Gasteiger charge is 2.10. The quantitative estimate of drug-likeness (QED) is 0.784. The molecule has 4 N–H and O–H groups in total. The second-order valence-electron chi connectivity index (χ2n) is 4.18. The van der Waals surface area contributed by atoms with Gasteiger partial charge in [0.25, 0.3) is 0 Å². The van der Waals surface area contributed by atoms with Crippen molar-refractivity contribution in [3.8, 4) is 0 Å². The van der Waals surface area contributed by atoms with Gasteiger partial charge in [-0.25, -0.2) is 4.79 Å². The fourth-order valence-electron chi connectivity index (χ4n) is 1.44. The number of rotatable bonds is 4. The summed E-state index contributed by atoms with van der Waals surface area (Å²) in [6, 6.07) is 11.6. The lowest BCUT2D eigenvalue weighted by atomic mass is 10.1. The van der Waals surface area contributed by atoms with E-state index in [0.29, 0.717) is 6.42 Å². The Balaban J connectivity index is 0.000000219. The predicted octanol–water partition coefficient (Wildman–Crippen LogP) is 1.42. The average molecular weight is 288 g/mol. The molecule has 6 nitrogen and oxygen atoms in total. The van der Waals surface area contributed by atoms with E-state index in [2.05, 4.69) is 4.98 Å². The molecule has 1 heterocycles. The number of nitrogens with zero attached hydrogens (tertiary/aromatic N) is 1. The standard InChI is InChI=1S/C9H11NO2.C6H5NO2/c10-8(9(11)12)6-7-4-2-1-3-5-7;8-6(9)5-2-1-3-7-4-5/h1-5,8H,6,10H2,(H,11,12);1-4H,(H,8,9)/t8-;/m0./s1. The van der Waals surface area contributed by atoms with E-state index in [-0.39, 0.29) is 5.56 Å². The van der Waals surface area contributed by atoms with Crippen LogP contribution in [0.3, 0.4) is 0 Å². The molecule has 0 aliphatic heterocycles. The van der Waals surface area contributed by atoms with E-state index >= 15 is 0 Å². The number of carbonyl (C=O) groups is 2. The maximum atomic E-state index is 10.4. The molecule has 0 saturated heterocycles. The molecule has 0 aliphatic carbocycles. The first-order valence-corrected chi connectivity index (χ1v) is 6.16. The summed E-state index contributed by atoms with van der Waals surface area (Å²) in [6.07, 6.45) is 3.23. The average Bonchev–Trinajstić information content (AvgIpc) is 2.49. The Kier molecular flexibility index (Phi) is 6.56. The van der Waals surface area contributed by atoms with Gasteiger partial charge in [-0.15, -0.1) is 0 Å². The van der Waals surface area contributed by atoms with Crippen LogP contribution in [-0.2, 0) is 11.2 Å². The number of nitrogens with two attached hydrogens (primary N) is 1. The van der Waals surface area contributed by atoms with Crippen molar-refractivity contribution in [2.45, 2.75) is 12.5 Å². The Morgan fingerprint density at radius 1 is 1.10 bits per heavy atom. The van der Waals surface area contributed by atoms with Gasteiger partial charge in [0.1, 0.15) is 6.04 Å². The zero-order valence-corrected chi connectivity index (χ0v) is 11.2. The number of carboxylic acids is 2. The van der Waals surface area contributed by atoms with Gasteiger partial charge in [-0.1, -0.05) is 30.3 Å². The molecule has 0 aliphatic rings. The number of benzene rings is 1. The van der Waals surface area contributed by atoms with Gasteiger partial charge >= 0.3 is 11.9 Å². The predicted molar refractivity (Wildman–Crippen MR) is 77.0 cm³/mol. The summed E-state index contributed by atoms with van der Waals surface area (Å²) in [5.41, 5.74) is 6.52. The van der Waals surface area contributed by atoms with Crippen LogP contribution in [-0.4, -0.2) is 33.2 Å². The topological polar surface area (TPSA) is 114 Å². The number of pyridine rings is 1. The number of hydrogen-bond donors (Lipinski definition) is 3. The Labute approximate surface area is 121 Å². The molecule has 0 spiro atoms. The molecule has 2 rings (SSSR count). The summed E-state index contributed by atoms with van der Waals surface area (Å²) < 4.78 is 0. The summed E-state index contributed by atoms with van der Waals surface area (Å²) in [5.74, 6) is -1.90. The van der Waals surface area contributed by atoms with E-state index in [9.17, 15) is 9.59 Å². The van der Waals surface area contributed by atoms with E-state index in [4.69, 9.17) is 15.9 Å². The monoisotopic (exact) mass is 288 g/mol. The van der Waals surface area contributed by atoms with Gasteiger partial charge in [0.05, 0.1) is 5.56 Å². The summed E-state index contributed by atoms with van der Waals surface area (Å²) in [4.78, 5) is 24.2. The van der Waals surface area contributed by atoms with Crippen LogP contribution in [0.25, 0.3) is 0 Å². The molecule has 0 radical (unpaired) electrons. The van der Waals surface area contributed by atoms with Crippen molar-refractivity contribution in [2.24, 2.45) is 5.73 Å². The molecule has 0 unspecified atom stereocenters. The number of carboxylic acid groups (broad SMARTS) is 2. The molecule has 1 aromatic carbocycles. The van der Waals surface area contributed by atoms with Crippen LogP contribution in [0.5, 0.6) is 0 Å².